The maximum Gasteiger partial charge on any atom is 0.246 e. The van der Waals surface area contributed by atoms with Crippen LogP contribution in [0.5, 0.6) is 0 Å². The molecule has 3 heterocycles. The summed E-state index contributed by atoms with van der Waals surface area (Å²) in [5, 5.41) is 7.37. The summed E-state index contributed by atoms with van der Waals surface area (Å²) in [6, 6.07) is 0.0921. The van der Waals surface area contributed by atoms with Crippen LogP contribution in [0.25, 0.3) is 0 Å². The van der Waals surface area contributed by atoms with Gasteiger partial charge >= 0.3 is 0 Å². The number of carbonyl (C=O) groups excluding carboxylic acids is 1. The van der Waals surface area contributed by atoms with E-state index in [1.165, 1.54) is 5.56 Å². The Kier molecular flexibility index (Phi) is 5.53. The Morgan fingerprint density at radius 2 is 2.25 bits per heavy atom. The number of piperidine rings is 1. The van der Waals surface area contributed by atoms with Crippen molar-refractivity contribution in [3.05, 3.63) is 18.0 Å². The molecular formula is C17H28N4O3. The Hall–Kier alpha value is -1.44. The van der Waals surface area contributed by atoms with Crippen LogP contribution < -0.4 is 5.32 Å². The highest BCUT2D eigenvalue weighted by molar-refractivity contribution is 5.77. The highest BCUT2D eigenvalue weighted by Crippen LogP contribution is 2.41. The lowest BCUT2D eigenvalue weighted by molar-refractivity contribution is -0.130. The van der Waals surface area contributed by atoms with E-state index in [2.05, 4.69) is 21.5 Å². The number of ether oxygens (including phenoxy) is 2. The molecule has 0 saturated carbocycles. The summed E-state index contributed by atoms with van der Waals surface area (Å²) in [4.78, 5) is 14.4. The van der Waals surface area contributed by atoms with Crippen LogP contribution in [-0.4, -0.2) is 66.6 Å². The number of amides is 1. The molecule has 1 aromatic heterocycles. The molecule has 1 N–H and O–H groups in total. The molecule has 2 fully saturated rings. The SMILES string of the molecule is COCC(=O)N[C@@H]1COCCC12CCN(Cc1cnn(C)c1)CC2. The molecule has 1 amide bonds. The quantitative estimate of drug-likeness (QED) is 0.851. The summed E-state index contributed by atoms with van der Waals surface area (Å²) in [5.41, 5.74) is 1.41. The minimum atomic E-state index is -0.0508. The zero-order valence-corrected chi connectivity index (χ0v) is 14.7. The molecule has 1 atom stereocenters. The van der Waals surface area contributed by atoms with Crippen molar-refractivity contribution in [1.82, 2.24) is 20.0 Å². The smallest absolute Gasteiger partial charge is 0.246 e. The molecule has 7 nitrogen and oxygen atoms in total. The number of nitrogens with zero attached hydrogens (tertiary/aromatic N) is 3. The van der Waals surface area contributed by atoms with Crippen LogP contribution in [0.3, 0.4) is 0 Å². The summed E-state index contributed by atoms with van der Waals surface area (Å²) >= 11 is 0. The van der Waals surface area contributed by atoms with Gasteiger partial charge in [0.15, 0.2) is 0 Å². The van der Waals surface area contributed by atoms with Crippen LogP contribution in [0.1, 0.15) is 24.8 Å². The topological polar surface area (TPSA) is 68.6 Å². The molecule has 2 saturated heterocycles. The number of rotatable bonds is 5. The van der Waals surface area contributed by atoms with Crippen molar-refractivity contribution >= 4 is 5.91 Å². The van der Waals surface area contributed by atoms with E-state index in [4.69, 9.17) is 9.47 Å². The molecule has 1 spiro atoms. The Morgan fingerprint density at radius 3 is 2.92 bits per heavy atom. The van der Waals surface area contributed by atoms with Crippen LogP contribution in [-0.2, 0) is 27.9 Å². The third-order valence-electron chi connectivity index (χ3n) is 5.40. The summed E-state index contributed by atoms with van der Waals surface area (Å²) in [6.45, 7) is 4.55. The van der Waals surface area contributed by atoms with Gasteiger partial charge < -0.3 is 14.8 Å². The van der Waals surface area contributed by atoms with Gasteiger partial charge in [0.1, 0.15) is 6.61 Å². The van der Waals surface area contributed by atoms with E-state index < -0.39 is 0 Å². The first-order valence-electron chi connectivity index (χ1n) is 8.67. The highest BCUT2D eigenvalue weighted by atomic mass is 16.5. The fourth-order valence-corrected chi connectivity index (χ4v) is 3.96. The molecule has 3 rings (SSSR count). The predicted octanol–water partition coefficient (Wildman–Crippen LogP) is 0.554. The van der Waals surface area contributed by atoms with Crippen molar-refractivity contribution in [3.8, 4) is 0 Å². The van der Waals surface area contributed by atoms with Crippen molar-refractivity contribution in [2.75, 3.05) is 40.0 Å². The third kappa shape index (κ3) is 3.96. The number of hydrogen-bond donors (Lipinski definition) is 1. The van der Waals surface area contributed by atoms with E-state index in [9.17, 15) is 4.79 Å². The van der Waals surface area contributed by atoms with Crippen molar-refractivity contribution in [2.45, 2.75) is 31.8 Å². The zero-order chi connectivity index (χ0) is 17.0. The van der Waals surface area contributed by atoms with Crippen LogP contribution in [0.4, 0.5) is 0 Å². The molecule has 0 aliphatic carbocycles. The lowest BCUT2D eigenvalue weighted by Crippen LogP contribution is -2.57. The average molecular weight is 336 g/mol. The van der Waals surface area contributed by atoms with Crippen molar-refractivity contribution in [3.63, 3.8) is 0 Å². The summed E-state index contributed by atoms with van der Waals surface area (Å²) < 4.78 is 12.4. The lowest BCUT2D eigenvalue weighted by atomic mass is 9.69. The first-order valence-corrected chi connectivity index (χ1v) is 8.67. The number of nitrogens with one attached hydrogen (secondary N) is 1. The maximum atomic E-state index is 11.9. The Bertz CT molecular complexity index is 552. The molecule has 0 unspecified atom stereocenters. The normalized spacial score (nSPS) is 24.2. The maximum absolute atomic E-state index is 11.9. The highest BCUT2D eigenvalue weighted by Gasteiger charge is 2.44. The van der Waals surface area contributed by atoms with Gasteiger partial charge in [-0.25, -0.2) is 0 Å². The van der Waals surface area contributed by atoms with E-state index in [0.29, 0.717) is 6.61 Å². The van der Waals surface area contributed by atoms with Gasteiger partial charge in [-0.2, -0.15) is 5.10 Å². The number of carbonyl (C=O) groups is 1. The van der Waals surface area contributed by atoms with Crippen molar-refractivity contribution in [2.24, 2.45) is 12.5 Å². The molecule has 2 aliphatic rings. The second-order valence-electron chi connectivity index (χ2n) is 7.04. The number of methoxy groups -OCH3 is 1. The van der Waals surface area contributed by atoms with Crippen LogP contribution in [0, 0.1) is 5.41 Å². The van der Waals surface area contributed by atoms with Gasteiger partial charge in [0, 0.05) is 39.1 Å². The molecule has 24 heavy (non-hydrogen) atoms. The fourth-order valence-electron chi connectivity index (χ4n) is 3.96. The monoisotopic (exact) mass is 336 g/mol. The zero-order valence-electron chi connectivity index (χ0n) is 14.7. The van der Waals surface area contributed by atoms with Gasteiger partial charge in [-0.15, -0.1) is 0 Å². The number of aromatic nitrogens is 2. The number of likely N-dealkylation sites (tertiary alicyclic amines) is 1. The van der Waals surface area contributed by atoms with Crippen LogP contribution in [0.2, 0.25) is 0 Å². The summed E-state index contributed by atoms with van der Waals surface area (Å²) in [7, 11) is 3.49. The Labute approximate surface area is 143 Å². The van der Waals surface area contributed by atoms with Gasteiger partial charge in [0.05, 0.1) is 18.8 Å². The molecule has 0 aromatic carbocycles. The Balaban J connectivity index is 1.58. The fraction of sp³-hybridized carbons (Fsp3) is 0.765. The van der Waals surface area contributed by atoms with E-state index >= 15 is 0 Å². The lowest BCUT2D eigenvalue weighted by Gasteiger charge is -2.49. The van der Waals surface area contributed by atoms with E-state index in [1.807, 2.05) is 17.9 Å². The third-order valence-corrected chi connectivity index (χ3v) is 5.40. The minimum Gasteiger partial charge on any atom is -0.379 e. The second kappa shape index (κ2) is 7.63. The van der Waals surface area contributed by atoms with Crippen molar-refractivity contribution < 1.29 is 14.3 Å². The first-order chi connectivity index (χ1) is 11.6. The summed E-state index contributed by atoms with van der Waals surface area (Å²) in [6.07, 6.45) is 7.22. The number of hydrogen-bond acceptors (Lipinski definition) is 5. The van der Waals surface area contributed by atoms with Gasteiger partial charge in [0.2, 0.25) is 5.91 Å². The second-order valence-corrected chi connectivity index (χ2v) is 7.04. The molecule has 134 valence electrons. The Morgan fingerprint density at radius 1 is 1.46 bits per heavy atom. The van der Waals surface area contributed by atoms with Crippen LogP contribution >= 0.6 is 0 Å². The largest absolute Gasteiger partial charge is 0.379 e. The predicted molar refractivity (Wildman–Crippen MR) is 89.4 cm³/mol. The number of aryl methyl sites for hydroxylation is 1. The molecule has 1 aromatic rings. The molecule has 0 bridgehead atoms. The standard InChI is InChI=1S/C17H28N4O3/c1-20-10-14(9-18-20)11-21-6-3-17(4-7-21)5-8-24-12-15(17)19-16(22)13-23-2/h9-10,15H,3-8,11-13H2,1-2H3,(H,19,22)/t15-/m1/s1. The van der Waals surface area contributed by atoms with Crippen molar-refractivity contribution in [1.29, 1.82) is 0 Å². The van der Waals surface area contributed by atoms with Gasteiger partial charge in [0.25, 0.3) is 0 Å². The summed E-state index contributed by atoms with van der Waals surface area (Å²) in [5.74, 6) is -0.0508. The molecule has 7 heteroatoms. The first kappa shape index (κ1) is 17.4. The van der Waals surface area contributed by atoms with E-state index in [1.54, 1.807) is 7.11 Å². The van der Waals surface area contributed by atoms with Gasteiger partial charge in [-0.05, 0) is 37.8 Å². The van der Waals surface area contributed by atoms with E-state index in [-0.39, 0.29) is 24.0 Å². The molecule has 2 aliphatic heterocycles. The van der Waals surface area contributed by atoms with Gasteiger partial charge in [-0.1, -0.05) is 0 Å². The van der Waals surface area contributed by atoms with Crippen LogP contribution in [0.15, 0.2) is 12.4 Å². The minimum absolute atomic E-state index is 0.0508. The molecular weight excluding hydrogens is 308 g/mol. The van der Waals surface area contributed by atoms with E-state index in [0.717, 1.165) is 45.5 Å². The van der Waals surface area contributed by atoms with Gasteiger partial charge in [-0.3, -0.25) is 14.4 Å². The average Bonchev–Trinajstić information content (AvgIpc) is 2.97. The molecule has 0 radical (unpaired) electrons.